The van der Waals surface area contributed by atoms with Gasteiger partial charge in [-0.1, -0.05) is 19.9 Å². The first-order valence-corrected chi connectivity index (χ1v) is 5.26. The van der Waals surface area contributed by atoms with Crippen LogP contribution in [-0.2, 0) is 4.74 Å². The van der Waals surface area contributed by atoms with Crippen LogP contribution in [0, 0.1) is 5.82 Å². The Kier molecular flexibility index (Phi) is 5.22. The van der Waals surface area contributed by atoms with E-state index in [9.17, 15) is 4.39 Å². The molecule has 1 N–H and O–H groups in total. The summed E-state index contributed by atoms with van der Waals surface area (Å²) in [6.45, 7) is 4.12. The third kappa shape index (κ3) is 3.79. The van der Waals surface area contributed by atoms with Gasteiger partial charge in [-0.2, -0.15) is 0 Å². The molecule has 0 saturated heterocycles. The van der Waals surface area contributed by atoms with E-state index >= 15 is 0 Å². The van der Waals surface area contributed by atoms with Crippen molar-refractivity contribution in [3.05, 3.63) is 29.6 Å². The fraction of sp³-hybridized carbons (Fsp3) is 0.500. The van der Waals surface area contributed by atoms with Crippen LogP contribution >= 0.6 is 0 Å². The molecular formula is C12H17FO3. The molecule has 1 aromatic carbocycles. The number of benzene rings is 1. The lowest BCUT2D eigenvalue weighted by atomic mass is 10.0. The SMILES string of the molecule is CC(C)c1ccc(OCCOCO)c(F)c1. The first-order valence-electron chi connectivity index (χ1n) is 5.26. The maximum atomic E-state index is 13.5. The first-order chi connectivity index (χ1) is 7.65. The molecule has 0 radical (unpaired) electrons. The molecule has 0 spiro atoms. The van der Waals surface area contributed by atoms with Crippen molar-refractivity contribution in [2.24, 2.45) is 0 Å². The van der Waals surface area contributed by atoms with Gasteiger partial charge in [0.2, 0.25) is 0 Å². The number of ether oxygens (including phenoxy) is 2. The Morgan fingerprint density at radius 1 is 1.31 bits per heavy atom. The van der Waals surface area contributed by atoms with Gasteiger partial charge in [-0.05, 0) is 23.6 Å². The molecular weight excluding hydrogens is 211 g/mol. The highest BCUT2D eigenvalue weighted by molar-refractivity contribution is 5.30. The zero-order valence-electron chi connectivity index (χ0n) is 9.57. The van der Waals surface area contributed by atoms with E-state index in [1.807, 2.05) is 19.9 Å². The molecule has 1 aromatic rings. The molecule has 3 nitrogen and oxygen atoms in total. The fourth-order valence-electron chi connectivity index (χ4n) is 1.27. The van der Waals surface area contributed by atoms with Crippen molar-refractivity contribution in [1.82, 2.24) is 0 Å². The van der Waals surface area contributed by atoms with Crippen molar-refractivity contribution in [3.8, 4) is 5.75 Å². The van der Waals surface area contributed by atoms with Gasteiger partial charge >= 0.3 is 0 Å². The summed E-state index contributed by atoms with van der Waals surface area (Å²) in [6, 6.07) is 4.94. The maximum absolute atomic E-state index is 13.5. The van der Waals surface area contributed by atoms with Crippen molar-refractivity contribution >= 4 is 0 Å². The Labute approximate surface area is 94.8 Å². The van der Waals surface area contributed by atoms with Gasteiger partial charge in [0, 0.05) is 0 Å². The topological polar surface area (TPSA) is 38.7 Å². The Morgan fingerprint density at radius 2 is 2.06 bits per heavy atom. The third-order valence-electron chi connectivity index (χ3n) is 2.20. The zero-order chi connectivity index (χ0) is 12.0. The predicted molar refractivity (Wildman–Crippen MR) is 59.0 cm³/mol. The van der Waals surface area contributed by atoms with E-state index in [0.717, 1.165) is 5.56 Å². The van der Waals surface area contributed by atoms with Gasteiger partial charge in [-0.3, -0.25) is 0 Å². The largest absolute Gasteiger partial charge is 0.488 e. The van der Waals surface area contributed by atoms with Crippen molar-refractivity contribution in [2.75, 3.05) is 20.0 Å². The van der Waals surface area contributed by atoms with Crippen LogP contribution in [0.5, 0.6) is 5.75 Å². The van der Waals surface area contributed by atoms with E-state index in [4.69, 9.17) is 9.84 Å². The van der Waals surface area contributed by atoms with Gasteiger partial charge in [-0.25, -0.2) is 4.39 Å². The quantitative estimate of drug-likeness (QED) is 0.599. The van der Waals surface area contributed by atoms with Gasteiger partial charge in [0.15, 0.2) is 11.6 Å². The van der Waals surface area contributed by atoms with Gasteiger partial charge in [0.25, 0.3) is 0 Å². The minimum Gasteiger partial charge on any atom is -0.488 e. The summed E-state index contributed by atoms with van der Waals surface area (Å²) in [5, 5.41) is 8.36. The Bertz CT molecular complexity index is 326. The van der Waals surface area contributed by atoms with Crippen LogP contribution in [0.3, 0.4) is 0 Å². The molecule has 4 heteroatoms. The van der Waals surface area contributed by atoms with Gasteiger partial charge < -0.3 is 14.6 Å². The molecule has 1 rings (SSSR count). The lowest BCUT2D eigenvalue weighted by Gasteiger charge is -2.10. The van der Waals surface area contributed by atoms with Crippen LogP contribution in [0.4, 0.5) is 4.39 Å². The van der Waals surface area contributed by atoms with E-state index in [0.29, 0.717) is 5.92 Å². The van der Waals surface area contributed by atoms with Crippen LogP contribution in [0.1, 0.15) is 25.3 Å². The summed E-state index contributed by atoms with van der Waals surface area (Å²) in [4.78, 5) is 0. The van der Waals surface area contributed by atoms with Crippen molar-refractivity contribution in [1.29, 1.82) is 0 Å². The molecule has 0 amide bonds. The van der Waals surface area contributed by atoms with Crippen LogP contribution in [0.25, 0.3) is 0 Å². The average molecular weight is 228 g/mol. The molecule has 0 aliphatic rings. The van der Waals surface area contributed by atoms with Crippen LogP contribution in [-0.4, -0.2) is 25.1 Å². The van der Waals surface area contributed by atoms with Crippen LogP contribution in [0.15, 0.2) is 18.2 Å². The van der Waals surface area contributed by atoms with E-state index in [2.05, 4.69) is 4.74 Å². The summed E-state index contributed by atoms with van der Waals surface area (Å²) in [5.74, 6) is 0.141. The lowest BCUT2D eigenvalue weighted by Crippen LogP contribution is -2.08. The molecule has 0 aromatic heterocycles. The summed E-state index contributed by atoms with van der Waals surface area (Å²) >= 11 is 0. The van der Waals surface area contributed by atoms with Crippen molar-refractivity contribution in [3.63, 3.8) is 0 Å². The number of hydrogen-bond acceptors (Lipinski definition) is 3. The highest BCUT2D eigenvalue weighted by Crippen LogP contribution is 2.22. The fourth-order valence-corrected chi connectivity index (χ4v) is 1.27. The molecule has 0 unspecified atom stereocenters. The van der Waals surface area contributed by atoms with Gasteiger partial charge in [0.05, 0.1) is 6.61 Å². The second kappa shape index (κ2) is 6.45. The minimum atomic E-state index is -0.366. The van der Waals surface area contributed by atoms with Gasteiger partial charge in [-0.15, -0.1) is 0 Å². The van der Waals surface area contributed by atoms with Gasteiger partial charge in [0.1, 0.15) is 13.4 Å². The zero-order valence-corrected chi connectivity index (χ0v) is 9.57. The molecule has 0 heterocycles. The normalized spacial score (nSPS) is 10.8. The van der Waals surface area contributed by atoms with E-state index in [1.165, 1.54) is 6.07 Å². The highest BCUT2D eigenvalue weighted by Gasteiger charge is 2.06. The molecule has 16 heavy (non-hydrogen) atoms. The van der Waals surface area contributed by atoms with E-state index in [-0.39, 0.29) is 31.6 Å². The molecule has 0 bridgehead atoms. The van der Waals surface area contributed by atoms with Crippen LogP contribution < -0.4 is 4.74 Å². The maximum Gasteiger partial charge on any atom is 0.165 e. The molecule has 90 valence electrons. The Morgan fingerprint density at radius 3 is 2.62 bits per heavy atom. The Hall–Kier alpha value is -1.13. The number of hydrogen-bond donors (Lipinski definition) is 1. The van der Waals surface area contributed by atoms with Crippen LogP contribution in [0.2, 0.25) is 0 Å². The molecule has 0 aliphatic carbocycles. The lowest BCUT2D eigenvalue weighted by molar-refractivity contribution is -0.0129. The minimum absolute atomic E-state index is 0.214. The number of aliphatic hydroxyl groups is 1. The molecule has 0 saturated carbocycles. The number of halogens is 1. The average Bonchev–Trinajstić information content (AvgIpc) is 2.26. The monoisotopic (exact) mass is 228 g/mol. The van der Waals surface area contributed by atoms with Crippen molar-refractivity contribution in [2.45, 2.75) is 19.8 Å². The summed E-state index contributed by atoms with van der Waals surface area (Å²) < 4.78 is 23.3. The van der Waals surface area contributed by atoms with E-state index < -0.39 is 0 Å². The summed E-state index contributed by atoms with van der Waals surface area (Å²) in [6.07, 6.45) is 0. The Balaban J connectivity index is 2.54. The molecule has 0 fully saturated rings. The summed E-state index contributed by atoms with van der Waals surface area (Å²) in [5.41, 5.74) is 0.941. The third-order valence-corrected chi connectivity index (χ3v) is 2.20. The first kappa shape index (κ1) is 12.9. The molecule has 0 aliphatic heterocycles. The molecule has 0 atom stereocenters. The predicted octanol–water partition coefficient (Wildman–Crippen LogP) is 2.29. The van der Waals surface area contributed by atoms with Crippen molar-refractivity contribution < 1.29 is 19.0 Å². The second-order valence-corrected chi connectivity index (χ2v) is 3.73. The number of aliphatic hydroxyl groups excluding tert-OH is 1. The van der Waals surface area contributed by atoms with E-state index in [1.54, 1.807) is 6.07 Å². The second-order valence-electron chi connectivity index (χ2n) is 3.73. The highest BCUT2D eigenvalue weighted by atomic mass is 19.1. The number of rotatable bonds is 6. The smallest absolute Gasteiger partial charge is 0.165 e. The summed E-state index contributed by atoms with van der Waals surface area (Å²) in [7, 11) is 0. The standard InChI is InChI=1S/C12H17FO3/c1-9(2)10-3-4-12(11(13)7-10)16-6-5-15-8-14/h3-4,7,9,14H,5-6,8H2,1-2H3.